The summed E-state index contributed by atoms with van der Waals surface area (Å²) in [4.78, 5) is 14.1. The van der Waals surface area contributed by atoms with Gasteiger partial charge in [0.05, 0.1) is 6.61 Å². The van der Waals surface area contributed by atoms with Gasteiger partial charge in [0.15, 0.2) is 11.5 Å². The van der Waals surface area contributed by atoms with Crippen LogP contribution in [0.3, 0.4) is 0 Å². The van der Waals surface area contributed by atoms with Crippen molar-refractivity contribution in [1.29, 1.82) is 0 Å². The van der Waals surface area contributed by atoms with E-state index in [-0.39, 0.29) is 17.5 Å². The molecule has 1 aromatic carbocycles. The van der Waals surface area contributed by atoms with Crippen molar-refractivity contribution in [3.63, 3.8) is 0 Å². The molecule has 1 aliphatic carbocycles. The first kappa shape index (κ1) is 17.8. The summed E-state index contributed by atoms with van der Waals surface area (Å²) in [6.45, 7) is 1.19. The number of urea groups is 1. The second-order valence-corrected chi connectivity index (χ2v) is 6.81. The average Bonchev–Trinajstić information content (AvgIpc) is 3.03. The van der Waals surface area contributed by atoms with Crippen LogP contribution in [0, 0.1) is 5.41 Å². The Hall–Kier alpha value is -2.05. The van der Waals surface area contributed by atoms with E-state index in [4.69, 9.17) is 4.74 Å². The molecule has 0 atom stereocenters. The lowest BCUT2D eigenvalue weighted by Crippen LogP contribution is -2.59. The Bertz CT molecular complexity index is 610. The highest BCUT2D eigenvalue weighted by Crippen LogP contribution is 2.45. The lowest BCUT2D eigenvalue weighted by atomic mass is 9.78. The number of rotatable bonds is 6. The highest BCUT2D eigenvalue weighted by Gasteiger charge is 2.46. The predicted octanol–water partition coefficient (Wildman–Crippen LogP) is 3.77. The third-order valence-electron chi connectivity index (χ3n) is 4.97. The van der Waals surface area contributed by atoms with Crippen LogP contribution < -0.4 is 14.8 Å². The van der Waals surface area contributed by atoms with Crippen LogP contribution in [-0.2, 0) is 6.54 Å². The number of likely N-dealkylation sites (tertiary alicyclic amines) is 1. The van der Waals surface area contributed by atoms with Gasteiger partial charge >= 0.3 is 12.6 Å². The van der Waals surface area contributed by atoms with E-state index < -0.39 is 6.61 Å². The van der Waals surface area contributed by atoms with Gasteiger partial charge in [-0.1, -0.05) is 18.9 Å². The first-order valence-corrected chi connectivity index (χ1v) is 8.75. The molecule has 2 fully saturated rings. The molecule has 138 valence electrons. The second kappa shape index (κ2) is 7.45. The molecule has 1 saturated carbocycles. The van der Waals surface area contributed by atoms with Crippen LogP contribution in [0.4, 0.5) is 13.6 Å². The van der Waals surface area contributed by atoms with Gasteiger partial charge in [-0.3, -0.25) is 0 Å². The Kier molecular flexibility index (Phi) is 5.30. The molecule has 7 heteroatoms. The summed E-state index contributed by atoms with van der Waals surface area (Å²) < 4.78 is 34.6. The van der Waals surface area contributed by atoms with Crippen molar-refractivity contribution in [1.82, 2.24) is 10.2 Å². The standard InChI is InChI=1S/C18H24F2N2O3/c1-2-24-15-9-13(5-6-14(15)25-16(19)20)10-21-17(23)22-11-18(12-22)7-3-4-8-18/h5-6,9,16H,2-4,7-8,10-12H2,1H3,(H,21,23). The Labute approximate surface area is 146 Å². The number of benzene rings is 1. The summed E-state index contributed by atoms with van der Waals surface area (Å²) in [6.07, 6.45) is 4.98. The molecule has 25 heavy (non-hydrogen) atoms. The van der Waals surface area contributed by atoms with Gasteiger partial charge in [0.1, 0.15) is 0 Å². The molecule has 2 aliphatic rings. The second-order valence-electron chi connectivity index (χ2n) is 6.81. The zero-order chi connectivity index (χ0) is 17.9. The first-order valence-electron chi connectivity index (χ1n) is 8.75. The number of hydrogen-bond donors (Lipinski definition) is 1. The topological polar surface area (TPSA) is 50.8 Å². The van der Waals surface area contributed by atoms with Gasteiger partial charge in [-0.25, -0.2) is 4.79 Å². The molecule has 5 nitrogen and oxygen atoms in total. The zero-order valence-corrected chi connectivity index (χ0v) is 14.4. The van der Waals surface area contributed by atoms with E-state index in [1.807, 2.05) is 4.90 Å². The number of nitrogens with zero attached hydrogens (tertiary/aromatic N) is 1. The third-order valence-corrected chi connectivity index (χ3v) is 4.97. The molecule has 3 rings (SSSR count). The smallest absolute Gasteiger partial charge is 0.387 e. The fourth-order valence-electron chi connectivity index (χ4n) is 3.76. The fourth-order valence-corrected chi connectivity index (χ4v) is 3.76. The van der Waals surface area contributed by atoms with Crippen LogP contribution in [-0.4, -0.2) is 37.2 Å². The van der Waals surface area contributed by atoms with E-state index in [1.165, 1.54) is 31.7 Å². The Balaban J connectivity index is 1.54. The average molecular weight is 354 g/mol. The number of carbonyl (C=O) groups is 1. The summed E-state index contributed by atoms with van der Waals surface area (Å²) in [5.41, 5.74) is 1.14. The highest BCUT2D eigenvalue weighted by molar-refractivity contribution is 5.75. The highest BCUT2D eigenvalue weighted by atomic mass is 19.3. The summed E-state index contributed by atoms with van der Waals surface area (Å²) >= 11 is 0. The summed E-state index contributed by atoms with van der Waals surface area (Å²) in [7, 11) is 0. The van der Waals surface area contributed by atoms with Gasteiger partial charge in [-0.05, 0) is 37.5 Å². The number of amides is 2. The summed E-state index contributed by atoms with van der Waals surface area (Å²) in [6, 6.07) is 4.63. The first-order chi connectivity index (χ1) is 12.0. The number of halogens is 2. The number of alkyl halides is 2. The summed E-state index contributed by atoms with van der Waals surface area (Å²) in [5, 5.41) is 2.88. The van der Waals surface area contributed by atoms with E-state index >= 15 is 0 Å². The van der Waals surface area contributed by atoms with Crippen LogP contribution in [0.25, 0.3) is 0 Å². The molecule has 0 bridgehead atoms. The minimum Gasteiger partial charge on any atom is -0.490 e. The van der Waals surface area contributed by atoms with E-state index in [0.717, 1.165) is 18.7 Å². The van der Waals surface area contributed by atoms with Gasteiger partial charge in [0, 0.05) is 25.0 Å². The molecular formula is C18H24F2N2O3. The maximum Gasteiger partial charge on any atom is 0.387 e. The van der Waals surface area contributed by atoms with Crippen molar-refractivity contribution in [2.75, 3.05) is 19.7 Å². The Morgan fingerprint density at radius 2 is 2.00 bits per heavy atom. The maximum absolute atomic E-state index is 12.4. The van der Waals surface area contributed by atoms with Crippen molar-refractivity contribution >= 4 is 6.03 Å². The minimum absolute atomic E-state index is 0.00200. The Morgan fingerprint density at radius 3 is 2.64 bits per heavy atom. The van der Waals surface area contributed by atoms with E-state index in [2.05, 4.69) is 10.1 Å². The number of carbonyl (C=O) groups excluding carboxylic acids is 1. The van der Waals surface area contributed by atoms with Crippen LogP contribution in [0.1, 0.15) is 38.2 Å². The largest absolute Gasteiger partial charge is 0.490 e. The third kappa shape index (κ3) is 4.14. The predicted molar refractivity (Wildman–Crippen MR) is 89.0 cm³/mol. The fraction of sp³-hybridized carbons (Fsp3) is 0.611. The van der Waals surface area contributed by atoms with Crippen molar-refractivity contribution < 1.29 is 23.0 Å². The monoisotopic (exact) mass is 354 g/mol. The van der Waals surface area contributed by atoms with Gasteiger partial charge in [-0.15, -0.1) is 0 Å². The molecular weight excluding hydrogens is 330 g/mol. The maximum atomic E-state index is 12.4. The molecule has 1 N–H and O–H groups in total. The lowest BCUT2D eigenvalue weighted by molar-refractivity contribution is -0.0514. The molecule has 1 saturated heterocycles. The normalized spacial score (nSPS) is 18.3. The number of hydrogen-bond acceptors (Lipinski definition) is 3. The van der Waals surface area contributed by atoms with Crippen LogP contribution in [0.5, 0.6) is 11.5 Å². The lowest BCUT2D eigenvalue weighted by Gasteiger charge is -2.48. The van der Waals surface area contributed by atoms with Crippen molar-refractivity contribution in [2.45, 2.75) is 45.8 Å². The van der Waals surface area contributed by atoms with Crippen molar-refractivity contribution in [3.8, 4) is 11.5 Å². The van der Waals surface area contributed by atoms with Crippen LogP contribution >= 0.6 is 0 Å². The van der Waals surface area contributed by atoms with Gasteiger partial charge in [0.25, 0.3) is 0 Å². The minimum atomic E-state index is -2.90. The van der Waals surface area contributed by atoms with Crippen molar-refractivity contribution in [2.24, 2.45) is 5.41 Å². The van der Waals surface area contributed by atoms with E-state index in [9.17, 15) is 13.6 Å². The molecule has 1 heterocycles. The molecule has 0 radical (unpaired) electrons. The van der Waals surface area contributed by atoms with E-state index in [0.29, 0.717) is 18.6 Å². The molecule has 1 aromatic rings. The number of nitrogens with one attached hydrogen (secondary N) is 1. The summed E-state index contributed by atoms with van der Waals surface area (Å²) in [5.74, 6) is 0.251. The number of ether oxygens (including phenoxy) is 2. The molecule has 0 unspecified atom stereocenters. The van der Waals surface area contributed by atoms with E-state index in [1.54, 1.807) is 19.1 Å². The van der Waals surface area contributed by atoms with Gasteiger partial charge < -0.3 is 19.7 Å². The molecule has 0 aromatic heterocycles. The molecule has 1 aliphatic heterocycles. The van der Waals surface area contributed by atoms with Crippen LogP contribution in [0.15, 0.2) is 18.2 Å². The quantitative estimate of drug-likeness (QED) is 0.846. The molecule has 1 spiro atoms. The van der Waals surface area contributed by atoms with Gasteiger partial charge in [-0.2, -0.15) is 8.78 Å². The SMILES string of the molecule is CCOc1cc(CNC(=O)N2CC3(CCCC3)C2)ccc1OC(F)F. The zero-order valence-electron chi connectivity index (χ0n) is 14.4. The van der Waals surface area contributed by atoms with Gasteiger partial charge in [0.2, 0.25) is 0 Å². The molecule has 2 amide bonds. The van der Waals surface area contributed by atoms with Crippen molar-refractivity contribution in [3.05, 3.63) is 23.8 Å². The Morgan fingerprint density at radius 1 is 1.28 bits per heavy atom. The van der Waals surface area contributed by atoms with Crippen LogP contribution in [0.2, 0.25) is 0 Å².